The van der Waals surface area contributed by atoms with Crippen molar-refractivity contribution in [2.45, 2.75) is 70.3 Å². The second-order valence-electron chi connectivity index (χ2n) is 6.82. The molecule has 2 fully saturated rings. The molecule has 0 heterocycles. The fraction of sp³-hybridized carbons (Fsp3) is 0.667. The molecule has 2 aliphatic carbocycles. The maximum atomic E-state index is 5.93. The van der Waals surface area contributed by atoms with Crippen LogP contribution in [0.4, 0.5) is 0 Å². The highest BCUT2D eigenvalue weighted by atomic mass is 15.2. The molecule has 1 atom stereocenters. The smallest absolute Gasteiger partial charge is 0.0516 e. The van der Waals surface area contributed by atoms with Gasteiger partial charge in [0.15, 0.2) is 0 Å². The topological polar surface area (TPSA) is 38.0 Å². The lowest BCUT2D eigenvalue weighted by molar-refractivity contribution is 0.188. The summed E-state index contributed by atoms with van der Waals surface area (Å²) in [6.45, 7) is 2.32. The molecule has 2 nitrogen and oxygen atoms in total. The van der Waals surface area contributed by atoms with E-state index in [0.29, 0.717) is 11.5 Å². The van der Waals surface area contributed by atoms with Gasteiger partial charge >= 0.3 is 0 Å². The third-order valence-corrected chi connectivity index (χ3v) is 5.93. The summed E-state index contributed by atoms with van der Waals surface area (Å²) >= 11 is 0. The molecule has 2 saturated carbocycles. The molecular weight excluding hydrogens is 244 g/mol. The highest BCUT2D eigenvalue weighted by Crippen LogP contribution is 2.50. The van der Waals surface area contributed by atoms with E-state index in [4.69, 9.17) is 5.84 Å². The first-order valence-electron chi connectivity index (χ1n) is 8.35. The molecule has 2 aliphatic rings. The Morgan fingerprint density at radius 3 is 2.25 bits per heavy atom. The van der Waals surface area contributed by atoms with Gasteiger partial charge in [-0.2, -0.15) is 0 Å². The van der Waals surface area contributed by atoms with Crippen molar-refractivity contribution in [2.75, 3.05) is 0 Å². The van der Waals surface area contributed by atoms with E-state index in [-0.39, 0.29) is 0 Å². The van der Waals surface area contributed by atoms with Crippen LogP contribution in [0.1, 0.15) is 81.4 Å². The summed E-state index contributed by atoms with van der Waals surface area (Å²) in [6, 6.07) is 9.61. The average molecular weight is 272 g/mol. The first kappa shape index (κ1) is 14.1. The Kier molecular flexibility index (Phi) is 4.13. The second-order valence-corrected chi connectivity index (χ2v) is 6.82. The molecule has 0 radical (unpaired) electrons. The molecule has 110 valence electrons. The Hall–Kier alpha value is -0.860. The molecular formula is C18H28N2. The normalized spacial score (nSPS) is 23.5. The number of nitrogens with two attached hydrogens (primary N) is 1. The molecule has 0 saturated heterocycles. The van der Waals surface area contributed by atoms with E-state index in [2.05, 4.69) is 36.6 Å². The van der Waals surface area contributed by atoms with E-state index >= 15 is 0 Å². The summed E-state index contributed by atoms with van der Waals surface area (Å²) in [6.07, 6.45) is 10.7. The third-order valence-electron chi connectivity index (χ3n) is 5.93. The minimum absolute atomic E-state index is 0.311. The average Bonchev–Trinajstić information content (AvgIpc) is 2.89. The van der Waals surface area contributed by atoms with Crippen molar-refractivity contribution in [1.29, 1.82) is 0 Å². The number of hydrogen-bond donors (Lipinski definition) is 2. The predicted molar refractivity (Wildman–Crippen MR) is 84.3 cm³/mol. The van der Waals surface area contributed by atoms with Crippen molar-refractivity contribution in [3.8, 4) is 0 Å². The second kappa shape index (κ2) is 5.87. The van der Waals surface area contributed by atoms with E-state index in [9.17, 15) is 0 Å². The fourth-order valence-corrected chi connectivity index (χ4v) is 4.25. The molecule has 0 bridgehead atoms. The van der Waals surface area contributed by atoms with Crippen molar-refractivity contribution in [2.24, 2.45) is 11.3 Å². The summed E-state index contributed by atoms with van der Waals surface area (Å²) in [4.78, 5) is 0. The van der Waals surface area contributed by atoms with E-state index in [1.165, 1.54) is 62.5 Å². The van der Waals surface area contributed by atoms with Gasteiger partial charge in [0.2, 0.25) is 0 Å². The molecule has 3 N–H and O–H groups in total. The van der Waals surface area contributed by atoms with E-state index in [1.54, 1.807) is 0 Å². The van der Waals surface area contributed by atoms with Gasteiger partial charge < -0.3 is 0 Å². The Labute approximate surface area is 123 Å². The standard InChI is InChI=1S/C18H28N2/c1-2-18(12-3-4-13-18)17(20-19)16-10-8-15(9-11-16)14-6-5-7-14/h8-11,14,17,20H,2-7,12-13,19H2,1H3. The molecule has 1 unspecified atom stereocenters. The van der Waals surface area contributed by atoms with Gasteiger partial charge in [0.05, 0.1) is 6.04 Å². The van der Waals surface area contributed by atoms with Crippen LogP contribution in [0.15, 0.2) is 24.3 Å². The largest absolute Gasteiger partial charge is 0.271 e. The van der Waals surface area contributed by atoms with Crippen molar-refractivity contribution in [1.82, 2.24) is 5.43 Å². The Morgan fingerprint density at radius 2 is 1.80 bits per heavy atom. The summed E-state index contributed by atoms with van der Waals surface area (Å²) in [5, 5.41) is 0. The van der Waals surface area contributed by atoms with Crippen LogP contribution in [0, 0.1) is 5.41 Å². The van der Waals surface area contributed by atoms with Gasteiger partial charge in [-0.3, -0.25) is 11.3 Å². The first-order chi connectivity index (χ1) is 9.79. The summed E-state index contributed by atoms with van der Waals surface area (Å²) < 4.78 is 0. The molecule has 0 amide bonds. The Bertz CT molecular complexity index is 427. The van der Waals surface area contributed by atoms with Crippen LogP contribution >= 0.6 is 0 Å². The maximum Gasteiger partial charge on any atom is 0.0516 e. The minimum Gasteiger partial charge on any atom is -0.271 e. The third kappa shape index (κ3) is 2.40. The van der Waals surface area contributed by atoms with Gasteiger partial charge in [-0.05, 0) is 54.6 Å². The lowest BCUT2D eigenvalue weighted by atomic mass is 9.73. The van der Waals surface area contributed by atoms with Gasteiger partial charge in [-0.1, -0.05) is 50.5 Å². The van der Waals surface area contributed by atoms with Crippen molar-refractivity contribution < 1.29 is 0 Å². The van der Waals surface area contributed by atoms with Crippen LogP contribution in [0.25, 0.3) is 0 Å². The van der Waals surface area contributed by atoms with Crippen molar-refractivity contribution >= 4 is 0 Å². The summed E-state index contributed by atoms with van der Waals surface area (Å²) in [7, 11) is 0. The molecule has 2 heteroatoms. The van der Waals surface area contributed by atoms with E-state index in [1.807, 2.05) is 0 Å². The van der Waals surface area contributed by atoms with Crippen LogP contribution in [-0.2, 0) is 0 Å². The van der Waals surface area contributed by atoms with Crippen LogP contribution in [0.5, 0.6) is 0 Å². The van der Waals surface area contributed by atoms with Crippen LogP contribution in [0.2, 0.25) is 0 Å². The molecule has 1 aromatic rings. The van der Waals surface area contributed by atoms with Crippen molar-refractivity contribution in [3.05, 3.63) is 35.4 Å². The first-order valence-corrected chi connectivity index (χ1v) is 8.35. The highest BCUT2D eigenvalue weighted by molar-refractivity contribution is 5.29. The zero-order valence-corrected chi connectivity index (χ0v) is 12.7. The molecule has 1 aromatic carbocycles. The van der Waals surface area contributed by atoms with E-state index < -0.39 is 0 Å². The van der Waals surface area contributed by atoms with Gasteiger partial charge in [0.25, 0.3) is 0 Å². The van der Waals surface area contributed by atoms with Gasteiger partial charge in [0, 0.05) is 0 Å². The number of hydrazine groups is 1. The molecule has 0 spiro atoms. The van der Waals surface area contributed by atoms with E-state index in [0.717, 1.165) is 5.92 Å². The SMILES string of the molecule is CCC1(C(NN)c2ccc(C3CCC3)cc2)CCCC1. The number of hydrogen-bond acceptors (Lipinski definition) is 2. The van der Waals surface area contributed by atoms with Crippen molar-refractivity contribution in [3.63, 3.8) is 0 Å². The lowest BCUT2D eigenvalue weighted by Gasteiger charge is -2.37. The van der Waals surface area contributed by atoms with Gasteiger partial charge in [0.1, 0.15) is 0 Å². The number of benzene rings is 1. The molecule has 20 heavy (non-hydrogen) atoms. The molecule has 0 aromatic heterocycles. The predicted octanol–water partition coefficient (Wildman–Crippen LogP) is 4.43. The van der Waals surface area contributed by atoms with Crippen LogP contribution in [-0.4, -0.2) is 0 Å². The summed E-state index contributed by atoms with van der Waals surface area (Å²) in [5.74, 6) is 6.75. The highest BCUT2D eigenvalue weighted by Gasteiger charge is 2.40. The zero-order valence-electron chi connectivity index (χ0n) is 12.7. The monoisotopic (exact) mass is 272 g/mol. The fourth-order valence-electron chi connectivity index (χ4n) is 4.25. The van der Waals surface area contributed by atoms with Crippen LogP contribution < -0.4 is 11.3 Å². The zero-order chi connectivity index (χ0) is 14.0. The quantitative estimate of drug-likeness (QED) is 0.614. The number of rotatable bonds is 5. The Balaban J connectivity index is 1.81. The Morgan fingerprint density at radius 1 is 1.15 bits per heavy atom. The van der Waals surface area contributed by atoms with Gasteiger partial charge in [-0.15, -0.1) is 0 Å². The number of nitrogens with one attached hydrogen (secondary N) is 1. The minimum atomic E-state index is 0.311. The summed E-state index contributed by atoms with van der Waals surface area (Å²) in [5.41, 5.74) is 6.39. The van der Waals surface area contributed by atoms with Crippen LogP contribution in [0.3, 0.4) is 0 Å². The van der Waals surface area contributed by atoms with Gasteiger partial charge in [-0.25, -0.2) is 0 Å². The molecule has 0 aliphatic heterocycles. The molecule has 3 rings (SSSR count). The lowest BCUT2D eigenvalue weighted by Crippen LogP contribution is -2.40. The maximum absolute atomic E-state index is 5.93.